The van der Waals surface area contributed by atoms with E-state index in [0.29, 0.717) is 17.1 Å². The van der Waals surface area contributed by atoms with E-state index in [1.54, 1.807) is 24.3 Å². The Morgan fingerprint density at radius 2 is 1.73 bits per heavy atom. The maximum atomic E-state index is 13.2. The number of aryl methyl sites for hydroxylation is 1. The molecule has 0 spiro atoms. The van der Waals surface area contributed by atoms with Crippen LogP contribution in [0.4, 0.5) is 11.4 Å². The van der Waals surface area contributed by atoms with Crippen molar-refractivity contribution in [2.75, 3.05) is 23.8 Å². The third-order valence-electron chi connectivity index (χ3n) is 5.44. The molecular formula is C25H27ClN2O4S. The Kier molecular flexibility index (Phi) is 7.34. The van der Waals surface area contributed by atoms with Crippen LogP contribution in [0.2, 0.25) is 5.02 Å². The lowest BCUT2D eigenvalue weighted by Crippen LogP contribution is -2.27. The Morgan fingerprint density at radius 3 is 2.33 bits per heavy atom. The minimum Gasteiger partial charge on any atom is -0.497 e. The van der Waals surface area contributed by atoms with Crippen molar-refractivity contribution in [3.05, 3.63) is 82.4 Å². The van der Waals surface area contributed by atoms with Crippen molar-refractivity contribution in [3.8, 4) is 5.75 Å². The summed E-state index contributed by atoms with van der Waals surface area (Å²) < 4.78 is 32.8. The SMILES string of the molecule is COc1ccc(N(C)S(=O)(=O)c2ccc(Cl)c(C(=O)Nc3c(C)cccc3C(C)C)c2)cc1. The summed E-state index contributed by atoms with van der Waals surface area (Å²) in [4.78, 5) is 13.1. The first-order chi connectivity index (χ1) is 15.6. The van der Waals surface area contributed by atoms with E-state index in [1.807, 2.05) is 39.0 Å². The predicted molar refractivity (Wildman–Crippen MR) is 133 cm³/mol. The Hall–Kier alpha value is -3.03. The Labute approximate surface area is 200 Å². The van der Waals surface area contributed by atoms with Gasteiger partial charge in [-0.05, 0) is 66.4 Å². The van der Waals surface area contributed by atoms with Crippen molar-refractivity contribution in [2.45, 2.75) is 31.6 Å². The van der Waals surface area contributed by atoms with Crippen molar-refractivity contribution in [1.82, 2.24) is 0 Å². The Bertz CT molecular complexity index is 1270. The topological polar surface area (TPSA) is 75.7 Å². The number of sulfonamides is 1. The molecule has 6 nitrogen and oxygen atoms in total. The van der Waals surface area contributed by atoms with E-state index in [9.17, 15) is 13.2 Å². The summed E-state index contributed by atoms with van der Waals surface area (Å²) >= 11 is 6.30. The molecule has 0 saturated carbocycles. The van der Waals surface area contributed by atoms with Crippen molar-refractivity contribution < 1.29 is 17.9 Å². The largest absolute Gasteiger partial charge is 0.497 e. The number of hydrogen-bond donors (Lipinski definition) is 1. The van der Waals surface area contributed by atoms with Crippen LogP contribution in [0.1, 0.15) is 41.3 Å². The standard InChI is InChI=1S/C25H27ClN2O4S/c1-16(2)21-8-6-7-17(3)24(21)27-25(29)22-15-20(13-14-23(22)26)33(30,31)28(4)18-9-11-19(32-5)12-10-18/h6-16H,1-5H3,(H,27,29). The summed E-state index contributed by atoms with van der Waals surface area (Å²) in [7, 11) is -0.943. The second-order valence-electron chi connectivity index (χ2n) is 7.96. The fraction of sp³-hybridized carbons (Fsp3) is 0.240. The van der Waals surface area contributed by atoms with Crippen LogP contribution in [0, 0.1) is 6.92 Å². The molecule has 33 heavy (non-hydrogen) atoms. The van der Waals surface area contributed by atoms with E-state index in [0.717, 1.165) is 15.4 Å². The highest BCUT2D eigenvalue weighted by molar-refractivity contribution is 7.92. The molecule has 1 N–H and O–H groups in total. The number of hydrogen-bond acceptors (Lipinski definition) is 4. The second-order valence-corrected chi connectivity index (χ2v) is 10.3. The smallest absolute Gasteiger partial charge is 0.264 e. The maximum absolute atomic E-state index is 13.2. The molecular weight excluding hydrogens is 460 g/mol. The number of halogens is 1. The molecule has 174 valence electrons. The molecule has 0 saturated heterocycles. The molecule has 3 aromatic rings. The number of para-hydroxylation sites is 1. The van der Waals surface area contributed by atoms with Crippen LogP contribution in [0.15, 0.2) is 65.6 Å². The minimum absolute atomic E-state index is 0.0377. The fourth-order valence-electron chi connectivity index (χ4n) is 3.45. The number of nitrogens with zero attached hydrogens (tertiary/aromatic N) is 1. The molecule has 0 fully saturated rings. The lowest BCUT2D eigenvalue weighted by atomic mass is 9.98. The summed E-state index contributed by atoms with van der Waals surface area (Å²) in [6.45, 7) is 5.99. The van der Waals surface area contributed by atoms with Gasteiger partial charge in [-0.1, -0.05) is 43.6 Å². The number of methoxy groups -OCH3 is 1. The van der Waals surface area contributed by atoms with E-state index in [-0.39, 0.29) is 21.4 Å². The second kappa shape index (κ2) is 9.85. The van der Waals surface area contributed by atoms with Crippen LogP contribution in [-0.2, 0) is 10.0 Å². The zero-order valence-electron chi connectivity index (χ0n) is 19.2. The fourth-order valence-corrected chi connectivity index (χ4v) is 4.88. The van der Waals surface area contributed by atoms with Gasteiger partial charge >= 0.3 is 0 Å². The highest BCUT2D eigenvalue weighted by atomic mass is 35.5. The summed E-state index contributed by atoms with van der Waals surface area (Å²) in [6, 6.07) is 16.6. The first kappa shape index (κ1) is 24.6. The summed E-state index contributed by atoms with van der Waals surface area (Å²) in [6.07, 6.45) is 0. The number of anilines is 2. The van der Waals surface area contributed by atoms with Gasteiger partial charge in [0.05, 0.1) is 28.3 Å². The molecule has 0 aliphatic rings. The van der Waals surface area contributed by atoms with Gasteiger partial charge in [-0.25, -0.2) is 8.42 Å². The van der Waals surface area contributed by atoms with Crippen LogP contribution in [-0.4, -0.2) is 28.5 Å². The van der Waals surface area contributed by atoms with Crippen LogP contribution in [0.5, 0.6) is 5.75 Å². The molecule has 0 atom stereocenters. The third kappa shape index (κ3) is 5.15. The zero-order valence-corrected chi connectivity index (χ0v) is 20.8. The molecule has 8 heteroatoms. The van der Waals surface area contributed by atoms with Gasteiger partial charge in [-0.15, -0.1) is 0 Å². The summed E-state index contributed by atoms with van der Waals surface area (Å²) in [5.74, 6) is 0.341. The molecule has 3 rings (SSSR count). The number of ether oxygens (including phenoxy) is 1. The van der Waals surface area contributed by atoms with Gasteiger partial charge in [0.25, 0.3) is 15.9 Å². The van der Waals surface area contributed by atoms with E-state index in [4.69, 9.17) is 16.3 Å². The first-order valence-electron chi connectivity index (χ1n) is 10.4. The molecule has 0 heterocycles. The average molecular weight is 487 g/mol. The van der Waals surface area contributed by atoms with Crippen LogP contribution >= 0.6 is 11.6 Å². The minimum atomic E-state index is -3.93. The lowest BCUT2D eigenvalue weighted by molar-refractivity contribution is 0.102. The molecule has 0 aromatic heterocycles. The van der Waals surface area contributed by atoms with Crippen LogP contribution in [0.3, 0.4) is 0 Å². The number of carbonyl (C=O) groups excluding carboxylic acids is 1. The van der Waals surface area contributed by atoms with Crippen LogP contribution < -0.4 is 14.4 Å². The van der Waals surface area contributed by atoms with Gasteiger partial charge < -0.3 is 10.1 Å². The number of benzene rings is 3. The maximum Gasteiger partial charge on any atom is 0.264 e. The van der Waals surface area contributed by atoms with E-state index in [2.05, 4.69) is 5.32 Å². The molecule has 0 aliphatic heterocycles. The van der Waals surface area contributed by atoms with Gasteiger partial charge in [0.15, 0.2) is 0 Å². The Balaban J connectivity index is 1.95. The third-order valence-corrected chi connectivity index (χ3v) is 7.55. The van der Waals surface area contributed by atoms with Crippen molar-refractivity contribution in [3.63, 3.8) is 0 Å². The molecule has 0 radical (unpaired) electrons. The van der Waals surface area contributed by atoms with E-state index in [1.165, 1.54) is 32.4 Å². The summed E-state index contributed by atoms with van der Waals surface area (Å²) in [5, 5.41) is 3.09. The van der Waals surface area contributed by atoms with E-state index < -0.39 is 15.9 Å². The number of rotatable bonds is 7. The van der Waals surface area contributed by atoms with Gasteiger partial charge in [0.2, 0.25) is 0 Å². The normalized spacial score (nSPS) is 11.4. The highest BCUT2D eigenvalue weighted by Crippen LogP contribution is 2.30. The van der Waals surface area contributed by atoms with Gasteiger partial charge in [0.1, 0.15) is 5.75 Å². The number of carbonyl (C=O) groups is 1. The van der Waals surface area contributed by atoms with Crippen molar-refractivity contribution in [2.24, 2.45) is 0 Å². The monoisotopic (exact) mass is 486 g/mol. The molecule has 0 aliphatic carbocycles. The highest BCUT2D eigenvalue weighted by Gasteiger charge is 2.24. The van der Waals surface area contributed by atoms with E-state index >= 15 is 0 Å². The summed E-state index contributed by atoms with van der Waals surface area (Å²) in [5.41, 5.74) is 3.14. The van der Waals surface area contributed by atoms with Crippen molar-refractivity contribution in [1.29, 1.82) is 0 Å². The van der Waals surface area contributed by atoms with Gasteiger partial charge in [-0.3, -0.25) is 9.10 Å². The lowest BCUT2D eigenvalue weighted by Gasteiger charge is -2.21. The molecule has 3 aromatic carbocycles. The number of nitrogens with one attached hydrogen (secondary N) is 1. The molecule has 1 amide bonds. The first-order valence-corrected chi connectivity index (χ1v) is 12.2. The average Bonchev–Trinajstić information content (AvgIpc) is 2.79. The van der Waals surface area contributed by atoms with Gasteiger partial charge in [0, 0.05) is 12.7 Å². The molecule has 0 unspecified atom stereocenters. The zero-order chi connectivity index (χ0) is 24.3. The number of amides is 1. The predicted octanol–water partition coefficient (Wildman–Crippen LogP) is 5.86. The quantitative estimate of drug-likeness (QED) is 0.454. The van der Waals surface area contributed by atoms with Gasteiger partial charge in [-0.2, -0.15) is 0 Å². The van der Waals surface area contributed by atoms with Crippen molar-refractivity contribution >= 4 is 38.9 Å². The Morgan fingerprint density at radius 1 is 1.06 bits per heavy atom. The van der Waals surface area contributed by atoms with Crippen LogP contribution in [0.25, 0.3) is 0 Å². The molecule has 0 bridgehead atoms.